The molecule has 0 spiro atoms. The average Bonchev–Trinajstić information content (AvgIpc) is 2.76. The number of carboxylic acid groups (broad SMARTS) is 1. The lowest BCUT2D eigenvalue weighted by Gasteiger charge is -2.34. The molecule has 1 aromatic carbocycles. The Morgan fingerprint density at radius 3 is 3.00 bits per heavy atom. The summed E-state index contributed by atoms with van der Waals surface area (Å²) < 4.78 is 0. The Bertz CT molecular complexity index is 467. The fourth-order valence-electron chi connectivity index (χ4n) is 2.79. The molecule has 3 rings (SSSR count). The van der Waals surface area contributed by atoms with Gasteiger partial charge in [-0.25, -0.2) is 4.79 Å². The molecule has 0 amide bonds. The summed E-state index contributed by atoms with van der Waals surface area (Å²) in [5, 5.41) is 12.3. The summed E-state index contributed by atoms with van der Waals surface area (Å²) in [4.78, 5) is 11.2. The van der Waals surface area contributed by atoms with Crippen molar-refractivity contribution < 1.29 is 9.90 Å². The highest BCUT2D eigenvalue weighted by atomic mass is 16.4. The van der Waals surface area contributed by atoms with E-state index in [9.17, 15) is 9.90 Å². The van der Waals surface area contributed by atoms with Crippen molar-refractivity contribution in [3.05, 3.63) is 42.0 Å². The molecule has 0 unspecified atom stereocenters. The first-order chi connectivity index (χ1) is 7.77. The summed E-state index contributed by atoms with van der Waals surface area (Å²) in [5.74, 6) is -0.334. The van der Waals surface area contributed by atoms with Crippen molar-refractivity contribution in [3.63, 3.8) is 0 Å². The van der Waals surface area contributed by atoms with Crippen molar-refractivity contribution in [2.45, 2.75) is 18.4 Å². The average molecular weight is 215 g/mol. The number of fused-ring (bicyclic) bond motifs is 3. The van der Waals surface area contributed by atoms with E-state index in [2.05, 4.69) is 23.5 Å². The van der Waals surface area contributed by atoms with E-state index < -0.39 is 12.0 Å². The van der Waals surface area contributed by atoms with Gasteiger partial charge in [0, 0.05) is 17.5 Å². The third kappa shape index (κ3) is 1.24. The van der Waals surface area contributed by atoms with Crippen molar-refractivity contribution >= 4 is 11.7 Å². The molecule has 16 heavy (non-hydrogen) atoms. The van der Waals surface area contributed by atoms with E-state index in [0.29, 0.717) is 0 Å². The standard InChI is InChI=1S/C13H13NO2/c15-13(16)12-10-6-3-5-8(10)9-4-1-2-7-11(9)14-12/h1-5,7-8,10,12,14H,6H2,(H,15,16)/t8-,10-,12-/m1/s1. The van der Waals surface area contributed by atoms with Crippen molar-refractivity contribution in [1.29, 1.82) is 0 Å². The number of anilines is 1. The maximum absolute atomic E-state index is 11.2. The number of benzene rings is 1. The normalized spacial score (nSPS) is 30.4. The van der Waals surface area contributed by atoms with E-state index in [1.54, 1.807) is 0 Å². The predicted octanol–water partition coefficient (Wildman–Crippen LogP) is 2.22. The predicted molar refractivity (Wildman–Crippen MR) is 61.5 cm³/mol. The van der Waals surface area contributed by atoms with Gasteiger partial charge in [-0.2, -0.15) is 0 Å². The molecule has 1 aliphatic carbocycles. The summed E-state index contributed by atoms with van der Waals surface area (Å²) in [6.07, 6.45) is 5.08. The first-order valence-electron chi connectivity index (χ1n) is 5.52. The number of hydrogen-bond acceptors (Lipinski definition) is 2. The molecule has 0 saturated heterocycles. The number of rotatable bonds is 1. The molecule has 3 nitrogen and oxygen atoms in total. The second kappa shape index (κ2) is 3.37. The second-order valence-corrected chi connectivity index (χ2v) is 4.40. The monoisotopic (exact) mass is 215 g/mol. The molecule has 0 saturated carbocycles. The SMILES string of the molecule is O=C(O)[C@@H]1Nc2ccccc2[C@H]2C=CC[C@H]21. The van der Waals surface area contributed by atoms with E-state index in [1.807, 2.05) is 18.2 Å². The van der Waals surface area contributed by atoms with Crippen LogP contribution in [0, 0.1) is 5.92 Å². The summed E-state index contributed by atoms with van der Waals surface area (Å²) in [5.41, 5.74) is 2.18. The Morgan fingerprint density at radius 1 is 1.38 bits per heavy atom. The molecule has 0 fully saturated rings. The number of carbonyl (C=O) groups is 1. The number of allylic oxidation sites excluding steroid dienone is 2. The van der Waals surface area contributed by atoms with Gasteiger partial charge >= 0.3 is 5.97 Å². The summed E-state index contributed by atoms with van der Waals surface area (Å²) in [6, 6.07) is 7.51. The topological polar surface area (TPSA) is 49.3 Å². The largest absolute Gasteiger partial charge is 0.480 e. The number of aliphatic carboxylic acids is 1. The van der Waals surface area contributed by atoms with Crippen molar-refractivity contribution in [3.8, 4) is 0 Å². The van der Waals surface area contributed by atoms with Crippen LogP contribution in [0.15, 0.2) is 36.4 Å². The number of carboxylic acids is 1. The third-order valence-electron chi connectivity index (χ3n) is 3.54. The first-order valence-corrected chi connectivity index (χ1v) is 5.52. The summed E-state index contributed by atoms with van der Waals surface area (Å²) in [6.45, 7) is 0. The number of hydrogen-bond donors (Lipinski definition) is 2. The zero-order chi connectivity index (χ0) is 11.1. The van der Waals surface area contributed by atoms with E-state index in [1.165, 1.54) is 5.56 Å². The molecule has 0 aromatic heterocycles. The van der Waals surface area contributed by atoms with Gasteiger partial charge in [0.1, 0.15) is 6.04 Å². The maximum Gasteiger partial charge on any atom is 0.326 e. The minimum absolute atomic E-state index is 0.160. The Labute approximate surface area is 93.8 Å². The van der Waals surface area contributed by atoms with E-state index in [-0.39, 0.29) is 11.8 Å². The van der Waals surface area contributed by atoms with E-state index in [4.69, 9.17) is 0 Å². The van der Waals surface area contributed by atoms with Crippen LogP contribution in [0.2, 0.25) is 0 Å². The molecule has 3 atom stereocenters. The lowest BCUT2D eigenvalue weighted by molar-refractivity contribution is -0.139. The van der Waals surface area contributed by atoms with Crippen LogP contribution in [0.25, 0.3) is 0 Å². The van der Waals surface area contributed by atoms with Crippen molar-refractivity contribution in [2.75, 3.05) is 5.32 Å². The Kier molecular flexibility index (Phi) is 1.99. The molecule has 1 aliphatic heterocycles. The van der Waals surface area contributed by atoms with E-state index >= 15 is 0 Å². The van der Waals surface area contributed by atoms with Gasteiger partial charge in [0.2, 0.25) is 0 Å². The zero-order valence-corrected chi connectivity index (χ0v) is 8.76. The number of nitrogens with one attached hydrogen (secondary N) is 1. The van der Waals surface area contributed by atoms with Gasteiger partial charge in [-0.3, -0.25) is 0 Å². The molecule has 2 N–H and O–H groups in total. The van der Waals surface area contributed by atoms with Crippen LogP contribution >= 0.6 is 0 Å². The number of para-hydroxylation sites is 1. The van der Waals surface area contributed by atoms with Gasteiger partial charge in [0.15, 0.2) is 0 Å². The molecule has 0 bridgehead atoms. The summed E-state index contributed by atoms with van der Waals surface area (Å²) >= 11 is 0. The first kappa shape index (κ1) is 9.46. The second-order valence-electron chi connectivity index (χ2n) is 4.40. The Morgan fingerprint density at radius 2 is 2.19 bits per heavy atom. The third-order valence-corrected chi connectivity index (χ3v) is 3.54. The smallest absolute Gasteiger partial charge is 0.326 e. The van der Waals surface area contributed by atoms with Crippen LogP contribution < -0.4 is 5.32 Å². The zero-order valence-electron chi connectivity index (χ0n) is 8.76. The Balaban J connectivity index is 2.08. The van der Waals surface area contributed by atoms with Gasteiger partial charge < -0.3 is 10.4 Å². The van der Waals surface area contributed by atoms with Gasteiger partial charge in [-0.05, 0) is 18.1 Å². The van der Waals surface area contributed by atoms with Crippen LogP contribution in [0.5, 0.6) is 0 Å². The van der Waals surface area contributed by atoms with Crippen LogP contribution in [-0.2, 0) is 4.79 Å². The quantitative estimate of drug-likeness (QED) is 0.706. The molecule has 0 radical (unpaired) electrons. The summed E-state index contributed by atoms with van der Waals surface area (Å²) in [7, 11) is 0. The van der Waals surface area contributed by atoms with Crippen LogP contribution in [-0.4, -0.2) is 17.1 Å². The van der Waals surface area contributed by atoms with Gasteiger partial charge in [0.05, 0.1) is 0 Å². The molecule has 3 heteroatoms. The van der Waals surface area contributed by atoms with Crippen molar-refractivity contribution in [2.24, 2.45) is 5.92 Å². The van der Waals surface area contributed by atoms with E-state index in [0.717, 1.165) is 12.1 Å². The fourth-order valence-corrected chi connectivity index (χ4v) is 2.79. The van der Waals surface area contributed by atoms with Gasteiger partial charge in [-0.1, -0.05) is 30.4 Å². The lowest BCUT2D eigenvalue weighted by atomic mass is 9.79. The van der Waals surface area contributed by atoms with Gasteiger partial charge in [0.25, 0.3) is 0 Å². The molecule has 1 heterocycles. The highest BCUT2D eigenvalue weighted by molar-refractivity contribution is 5.80. The highest BCUT2D eigenvalue weighted by Gasteiger charge is 2.40. The van der Waals surface area contributed by atoms with Crippen molar-refractivity contribution in [1.82, 2.24) is 0 Å². The molecule has 82 valence electrons. The highest BCUT2D eigenvalue weighted by Crippen LogP contribution is 2.44. The molecular formula is C13H13NO2. The molecular weight excluding hydrogens is 202 g/mol. The minimum Gasteiger partial charge on any atom is -0.480 e. The minimum atomic E-state index is -0.756. The Hall–Kier alpha value is -1.77. The van der Waals surface area contributed by atoms with Gasteiger partial charge in [-0.15, -0.1) is 0 Å². The fraction of sp³-hybridized carbons (Fsp3) is 0.308. The van der Waals surface area contributed by atoms with Crippen LogP contribution in [0.4, 0.5) is 5.69 Å². The molecule has 2 aliphatic rings. The molecule has 1 aromatic rings. The van der Waals surface area contributed by atoms with Crippen LogP contribution in [0.1, 0.15) is 17.9 Å². The lowest BCUT2D eigenvalue weighted by Crippen LogP contribution is -2.41. The maximum atomic E-state index is 11.2. The van der Waals surface area contributed by atoms with Crippen LogP contribution in [0.3, 0.4) is 0 Å².